The van der Waals surface area contributed by atoms with Crippen LogP contribution in [0, 0.1) is 0 Å². The van der Waals surface area contributed by atoms with Crippen LogP contribution in [0.25, 0.3) is 12.0 Å². The monoisotopic (exact) mass is 219 g/mol. The minimum atomic E-state index is -0.484. The SMILES string of the molecule is COc1ccc(/C=C(\F)n2cncn2)cc1. The number of benzene rings is 1. The highest BCUT2D eigenvalue weighted by Crippen LogP contribution is 2.15. The molecular weight excluding hydrogens is 209 g/mol. The summed E-state index contributed by atoms with van der Waals surface area (Å²) in [5.74, 6) is 0.251. The van der Waals surface area contributed by atoms with Crippen molar-refractivity contribution >= 4 is 12.0 Å². The molecule has 0 aliphatic heterocycles. The first-order valence-electron chi connectivity index (χ1n) is 4.66. The first-order valence-corrected chi connectivity index (χ1v) is 4.66. The van der Waals surface area contributed by atoms with E-state index in [9.17, 15) is 4.39 Å². The second-order valence-electron chi connectivity index (χ2n) is 3.08. The van der Waals surface area contributed by atoms with Gasteiger partial charge in [-0.05, 0) is 17.7 Å². The van der Waals surface area contributed by atoms with Crippen LogP contribution in [0.2, 0.25) is 0 Å². The number of hydrogen-bond donors (Lipinski definition) is 0. The Morgan fingerprint density at radius 3 is 2.69 bits per heavy atom. The smallest absolute Gasteiger partial charge is 0.216 e. The molecule has 0 atom stereocenters. The molecule has 0 unspecified atom stereocenters. The van der Waals surface area contributed by atoms with E-state index in [4.69, 9.17) is 4.74 Å². The van der Waals surface area contributed by atoms with Gasteiger partial charge in [-0.1, -0.05) is 12.1 Å². The molecule has 1 aromatic carbocycles. The quantitative estimate of drug-likeness (QED) is 0.794. The second kappa shape index (κ2) is 4.57. The molecule has 0 fully saturated rings. The normalized spacial score (nSPS) is 11.5. The van der Waals surface area contributed by atoms with Crippen LogP contribution in [0.5, 0.6) is 5.75 Å². The summed E-state index contributed by atoms with van der Waals surface area (Å²) >= 11 is 0. The minimum absolute atomic E-state index is 0.484. The lowest BCUT2D eigenvalue weighted by Crippen LogP contribution is -1.91. The van der Waals surface area contributed by atoms with Crippen LogP contribution in [0.4, 0.5) is 4.39 Å². The molecule has 0 saturated carbocycles. The Labute approximate surface area is 92.0 Å². The maximum atomic E-state index is 13.5. The van der Waals surface area contributed by atoms with E-state index in [1.165, 1.54) is 18.7 Å². The lowest BCUT2D eigenvalue weighted by atomic mass is 10.2. The third-order valence-corrected chi connectivity index (χ3v) is 2.04. The zero-order valence-electron chi connectivity index (χ0n) is 8.67. The van der Waals surface area contributed by atoms with Gasteiger partial charge in [0.25, 0.3) is 0 Å². The van der Waals surface area contributed by atoms with Gasteiger partial charge >= 0.3 is 0 Å². The lowest BCUT2D eigenvalue weighted by Gasteiger charge is -2.00. The van der Waals surface area contributed by atoms with Gasteiger partial charge in [0.1, 0.15) is 18.4 Å². The second-order valence-corrected chi connectivity index (χ2v) is 3.08. The third kappa shape index (κ3) is 2.25. The standard InChI is InChI=1S/C11H10FN3O/c1-16-10-4-2-9(3-5-10)6-11(12)15-8-13-7-14-15/h2-8H,1H3/b11-6+. The lowest BCUT2D eigenvalue weighted by molar-refractivity contribution is 0.415. The van der Waals surface area contributed by atoms with Crippen molar-refractivity contribution in [3.05, 3.63) is 42.5 Å². The van der Waals surface area contributed by atoms with Crippen molar-refractivity contribution in [3.8, 4) is 5.75 Å². The summed E-state index contributed by atoms with van der Waals surface area (Å²) in [7, 11) is 1.58. The molecule has 1 aromatic heterocycles. The van der Waals surface area contributed by atoms with Crippen molar-refractivity contribution in [2.24, 2.45) is 0 Å². The number of nitrogens with zero attached hydrogens (tertiary/aromatic N) is 3. The van der Waals surface area contributed by atoms with Gasteiger partial charge in [0.05, 0.1) is 7.11 Å². The van der Waals surface area contributed by atoms with Crippen molar-refractivity contribution in [1.29, 1.82) is 0 Å². The van der Waals surface area contributed by atoms with Crippen LogP contribution in [-0.4, -0.2) is 21.9 Å². The zero-order valence-corrected chi connectivity index (χ0v) is 8.67. The van der Waals surface area contributed by atoms with E-state index >= 15 is 0 Å². The Hall–Kier alpha value is -2.17. The molecule has 4 nitrogen and oxygen atoms in total. The molecule has 1 heterocycles. The number of aromatic nitrogens is 3. The predicted molar refractivity (Wildman–Crippen MR) is 58.3 cm³/mol. The van der Waals surface area contributed by atoms with Crippen LogP contribution < -0.4 is 4.74 Å². The molecule has 0 radical (unpaired) electrons. The Balaban J connectivity index is 2.22. The van der Waals surface area contributed by atoms with E-state index in [0.717, 1.165) is 16.0 Å². The maximum Gasteiger partial charge on any atom is 0.216 e. The van der Waals surface area contributed by atoms with E-state index in [1.807, 2.05) is 0 Å². The Morgan fingerprint density at radius 2 is 2.12 bits per heavy atom. The average molecular weight is 219 g/mol. The molecular formula is C11H10FN3O. The predicted octanol–water partition coefficient (Wildman–Crippen LogP) is 2.21. The summed E-state index contributed by atoms with van der Waals surface area (Å²) in [5.41, 5.74) is 0.730. The van der Waals surface area contributed by atoms with Gasteiger partial charge in [0.2, 0.25) is 5.95 Å². The van der Waals surface area contributed by atoms with Gasteiger partial charge in [-0.3, -0.25) is 0 Å². The highest BCUT2D eigenvalue weighted by Gasteiger charge is 1.99. The minimum Gasteiger partial charge on any atom is -0.497 e. The van der Waals surface area contributed by atoms with Crippen LogP contribution in [0.15, 0.2) is 36.9 Å². The highest BCUT2D eigenvalue weighted by molar-refractivity contribution is 5.66. The summed E-state index contributed by atoms with van der Waals surface area (Å²) in [6, 6.07) is 7.05. The highest BCUT2D eigenvalue weighted by atomic mass is 19.1. The van der Waals surface area contributed by atoms with Crippen molar-refractivity contribution in [3.63, 3.8) is 0 Å². The van der Waals surface area contributed by atoms with Crippen molar-refractivity contribution < 1.29 is 9.13 Å². The first-order chi connectivity index (χ1) is 7.79. The van der Waals surface area contributed by atoms with E-state index in [1.54, 1.807) is 31.4 Å². The number of hydrogen-bond acceptors (Lipinski definition) is 3. The largest absolute Gasteiger partial charge is 0.497 e. The molecule has 0 aliphatic carbocycles. The fraction of sp³-hybridized carbons (Fsp3) is 0.0909. The molecule has 82 valence electrons. The molecule has 0 bridgehead atoms. The van der Waals surface area contributed by atoms with Gasteiger partial charge in [-0.25, -0.2) is 4.98 Å². The average Bonchev–Trinajstić information content (AvgIpc) is 2.83. The maximum absolute atomic E-state index is 13.5. The van der Waals surface area contributed by atoms with Gasteiger partial charge in [-0.2, -0.15) is 14.2 Å². The third-order valence-electron chi connectivity index (χ3n) is 2.04. The summed E-state index contributed by atoms with van der Waals surface area (Å²) in [6.07, 6.45) is 3.95. The molecule has 5 heteroatoms. The van der Waals surface area contributed by atoms with Gasteiger partial charge in [0, 0.05) is 6.08 Å². The fourth-order valence-electron chi connectivity index (χ4n) is 1.22. The van der Waals surface area contributed by atoms with Gasteiger partial charge in [0.15, 0.2) is 0 Å². The molecule has 2 rings (SSSR count). The van der Waals surface area contributed by atoms with Crippen molar-refractivity contribution in [1.82, 2.24) is 14.8 Å². The van der Waals surface area contributed by atoms with Crippen LogP contribution in [0.3, 0.4) is 0 Å². The number of ether oxygens (including phenoxy) is 1. The molecule has 2 aromatic rings. The molecule has 0 aliphatic rings. The van der Waals surface area contributed by atoms with E-state index < -0.39 is 5.95 Å². The van der Waals surface area contributed by atoms with Crippen LogP contribution in [0.1, 0.15) is 5.56 Å². The Kier molecular flexibility index (Phi) is 2.95. The molecule has 0 amide bonds. The van der Waals surface area contributed by atoms with Crippen molar-refractivity contribution in [2.75, 3.05) is 7.11 Å². The molecule has 0 spiro atoms. The first kappa shape index (κ1) is 10.4. The van der Waals surface area contributed by atoms with E-state index in [2.05, 4.69) is 10.1 Å². The molecule has 0 N–H and O–H groups in total. The Bertz CT molecular complexity index is 476. The summed E-state index contributed by atoms with van der Waals surface area (Å²) in [4.78, 5) is 3.66. The topological polar surface area (TPSA) is 39.9 Å². The van der Waals surface area contributed by atoms with Gasteiger partial charge < -0.3 is 4.74 Å². The van der Waals surface area contributed by atoms with E-state index in [-0.39, 0.29) is 0 Å². The number of methoxy groups -OCH3 is 1. The molecule has 16 heavy (non-hydrogen) atoms. The fourth-order valence-corrected chi connectivity index (χ4v) is 1.22. The number of rotatable bonds is 3. The van der Waals surface area contributed by atoms with Crippen LogP contribution in [-0.2, 0) is 0 Å². The summed E-state index contributed by atoms with van der Waals surface area (Å²) < 4.78 is 19.6. The molecule has 0 saturated heterocycles. The Morgan fingerprint density at radius 1 is 1.38 bits per heavy atom. The van der Waals surface area contributed by atoms with Crippen molar-refractivity contribution in [2.45, 2.75) is 0 Å². The zero-order chi connectivity index (χ0) is 11.4. The van der Waals surface area contributed by atoms with E-state index in [0.29, 0.717) is 0 Å². The number of halogens is 1. The van der Waals surface area contributed by atoms with Gasteiger partial charge in [-0.15, -0.1) is 0 Å². The van der Waals surface area contributed by atoms with Crippen LogP contribution >= 0.6 is 0 Å². The summed E-state index contributed by atoms with van der Waals surface area (Å²) in [6.45, 7) is 0. The summed E-state index contributed by atoms with van der Waals surface area (Å²) in [5, 5.41) is 3.68.